The van der Waals surface area contributed by atoms with Gasteiger partial charge in [0.15, 0.2) is 0 Å². The van der Waals surface area contributed by atoms with Crippen LogP contribution in [0.2, 0.25) is 6.04 Å². The molecule has 0 amide bonds. The first-order valence-electron chi connectivity index (χ1n) is 11.2. The van der Waals surface area contributed by atoms with E-state index >= 15 is 0 Å². The van der Waals surface area contributed by atoms with E-state index in [-0.39, 0.29) is 5.41 Å². The van der Waals surface area contributed by atoms with Gasteiger partial charge < -0.3 is 0 Å². The monoisotopic (exact) mass is 362 g/mol. The molecule has 0 heterocycles. The molecule has 25 heavy (non-hydrogen) atoms. The van der Waals surface area contributed by atoms with Crippen LogP contribution in [0.15, 0.2) is 38.0 Å². The molecular weight excluding hydrogens is 316 g/mol. The molecule has 0 fully saturated rings. The summed E-state index contributed by atoms with van der Waals surface area (Å²) in [6, 6.07) is 1.50. The van der Waals surface area contributed by atoms with Crippen molar-refractivity contribution in [2.24, 2.45) is 5.41 Å². The van der Waals surface area contributed by atoms with Crippen LogP contribution in [0.1, 0.15) is 103 Å². The van der Waals surface area contributed by atoms with Gasteiger partial charge in [0.2, 0.25) is 0 Å². The van der Waals surface area contributed by atoms with Crippen LogP contribution in [0, 0.1) is 5.41 Å². The molecule has 0 aromatic heterocycles. The van der Waals surface area contributed by atoms with Gasteiger partial charge in [-0.05, 0) is 6.42 Å². The van der Waals surface area contributed by atoms with Gasteiger partial charge in [-0.2, -0.15) is 0 Å². The Balaban J connectivity index is 3.25. The second kappa shape index (κ2) is 18.2. The normalized spacial score (nSPS) is 11.5. The van der Waals surface area contributed by atoms with E-state index in [4.69, 9.17) is 0 Å². The first-order valence-corrected chi connectivity index (χ1v) is 12.6. The van der Waals surface area contributed by atoms with Gasteiger partial charge in [-0.15, -0.1) is 19.7 Å². The molecule has 0 rings (SSSR count). The quantitative estimate of drug-likeness (QED) is 0.119. The molecule has 0 saturated carbocycles. The van der Waals surface area contributed by atoms with E-state index in [0.29, 0.717) is 0 Å². The maximum absolute atomic E-state index is 3.93. The number of allylic oxidation sites excluding steroid dienone is 3. The lowest BCUT2D eigenvalue weighted by Gasteiger charge is -2.21. The van der Waals surface area contributed by atoms with Crippen molar-refractivity contribution in [2.45, 2.75) is 109 Å². The Kier molecular flexibility index (Phi) is 17.8. The van der Waals surface area contributed by atoms with E-state index in [1.807, 2.05) is 18.2 Å². The van der Waals surface area contributed by atoms with Crippen LogP contribution in [0.3, 0.4) is 0 Å². The van der Waals surface area contributed by atoms with Crippen molar-refractivity contribution in [3.05, 3.63) is 38.0 Å². The second-order valence-corrected chi connectivity index (χ2v) is 8.78. The zero-order valence-electron chi connectivity index (χ0n) is 17.4. The lowest BCUT2D eigenvalue weighted by atomic mass is 9.83. The SMILES string of the molecule is C=CC(C=C)(C=C)CCCCCCCCCCCCCCCCC[SiH3]. The fourth-order valence-electron chi connectivity index (χ4n) is 3.54. The van der Waals surface area contributed by atoms with Crippen molar-refractivity contribution in [3.63, 3.8) is 0 Å². The Morgan fingerprint density at radius 1 is 0.480 bits per heavy atom. The smallest absolute Gasteiger partial charge is 0.0234 e. The van der Waals surface area contributed by atoms with Gasteiger partial charge >= 0.3 is 0 Å². The maximum Gasteiger partial charge on any atom is 0.0234 e. The van der Waals surface area contributed by atoms with Crippen LogP contribution >= 0.6 is 0 Å². The third kappa shape index (κ3) is 14.3. The Morgan fingerprint density at radius 2 is 0.760 bits per heavy atom. The number of unbranched alkanes of at least 4 members (excludes halogenated alkanes) is 14. The van der Waals surface area contributed by atoms with Gasteiger partial charge in [-0.3, -0.25) is 0 Å². The second-order valence-electron chi connectivity index (χ2n) is 7.78. The highest BCUT2D eigenvalue weighted by molar-refractivity contribution is 6.08. The lowest BCUT2D eigenvalue weighted by molar-refractivity contribution is 0.492. The first kappa shape index (κ1) is 24.4. The van der Waals surface area contributed by atoms with Crippen molar-refractivity contribution in [3.8, 4) is 0 Å². The molecule has 0 saturated heterocycles. The molecule has 0 bridgehead atoms. The number of rotatable bonds is 20. The van der Waals surface area contributed by atoms with Gasteiger partial charge in [0, 0.05) is 15.7 Å². The van der Waals surface area contributed by atoms with Crippen molar-refractivity contribution in [1.82, 2.24) is 0 Å². The van der Waals surface area contributed by atoms with E-state index in [0.717, 1.165) is 6.42 Å². The van der Waals surface area contributed by atoms with E-state index in [9.17, 15) is 0 Å². The van der Waals surface area contributed by atoms with Crippen molar-refractivity contribution in [1.29, 1.82) is 0 Å². The largest absolute Gasteiger partial charge is 0.102 e. The fourth-order valence-corrected chi connectivity index (χ4v) is 4.04. The summed E-state index contributed by atoms with van der Waals surface area (Å²) in [6.45, 7) is 11.8. The van der Waals surface area contributed by atoms with E-state index < -0.39 is 0 Å². The molecule has 0 radical (unpaired) electrons. The Labute approximate surface area is 162 Å². The molecule has 146 valence electrons. The third-order valence-corrected chi connectivity index (χ3v) is 6.31. The number of hydrogen-bond donors (Lipinski definition) is 0. The molecule has 0 aliphatic carbocycles. The highest BCUT2D eigenvalue weighted by atomic mass is 28.1. The highest BCUT2D eigenvalue weighted by Crippen LogP contribution is 2.29. The lowest BCUT2D eigenvalue weighted by Crippen LogP contribution is -2.09. The van der Waals surface area contributed by atoms with Crippen LogP contribution in [-0.2, 0) is 0 Å². The molecule has 0 aliphatic rings. The standard InChI is InChI=1S/C24H46Si/c1-4-24(5-2,6-3)22-20-18-16-14-12-10-8-7-9-11-13-15-17-19-21-23-25/h4-6H,1-3,7-23H2,25H3. The van der Waals surface area contributed by atoms with Gasteiger partial charge in [0.05, 0.1) is 0 Å². The summed E-state index contributed by atoms with van der Waals surface area (Å²) in [5.41, 5.74) is -0.0441. The van der Waals surface area contributed by atoms with Crippen molar-refractivity contribution < 1.29 is 0 Å². The summed E-state index contributed by atoms with van der Waals surface area (Å²) < 4.78 is 0. The molecule has 1 heteroatoms. The van der Waals surface area contributed by atoms with Crippen LogP contribution in [0.4, 0.5) is 0 Å². The maximum atomic E-state index is 3.93. The molecule has 0 N–H and O–H groups in total. The summed E-state index contributed by atoms with van der Waals surface area (Å²) >= 11 is 0. The van der Waals surface area contributed by atoms with E-state index in [2.05, 4.69) is 19.7 Å². The Morgan fingerprint density at radius 3 is 1.04 bits per heavy atom. The van der Waals surface area contributed by atoms with Gasteiger partial charge in [0.25, 0.3) is 0 Å². The summed E-state index contributed by atoms with van der Waals surface area (Å²) in [5.74, 6) is 0. The minimum absolute atomic E-state index is 0.0441. The van der Waals surface area contributed by atoms with Gasteiger partial charge in [-0.25, -0.2) is 0 Å². The molecule has 0 nitrogen and oxygen atoms in total. The van der Waals surface area contributed by atoms with Gasteiger partial charge in [-0.1, -0.05) is 121 Å². The van der Waals surface area contributed by atoms with Crippen LogP contribution < -0.4 is 0 Å². The fraction of sp³-hybridized carbons (Fsp3) is 0.750. The summed E-state index contributed by atoms with van der Waals surface area (Å²) in [7, 11) is 1.40. The average molecular weight is 363 g/mol. The van der Waals surface area contributed by atoms with E-state index in [1.165, 1.54) is 113 Å². The molecule has 0 unspecified atom stereocenters. The van der Waals surface area contributed by atoms with Crippen LogP contribution in [0.25, 0.3) is 0 Å². The summed E-state index contributed by atoms with van der Waals surface area (Å²) in [5, 5.41) is 0. The molecule has 0 atom stereocenters. The predicted octanol–water partition coefficient (Wildman–Crippen LogP) is 7.56. The Bertz CT molecular complexity index is 296. The molecular formula is C24H46Si. The third-order valence-electron chi connectivity index (χ3n) is 5.60. The highest BCUT2D eigenvalue weighted by Gasteiger charge is 2.16. The zero-order chi connectivity index (χ0) is 18.6. The zero-order valence-corrected chi connectivity index (χ0v) is 19.4. The van der Waals surface area contributed by atoms with Gasteiger partial charge in [0.1, 0.15) is 0 Å². The first-order chi connectivity index (χ1) is 12.2. The Hall–Kier alpha value is -0.563. The molecule has 0 aromatic rings. The summed E-state index contributed by atoms with van der Waals surface area (Å²) in [4.78, 5) is 0. The molecule has 0 aliphatic heterocycles. The molecule has 0 spiro atoms. The van der Waals surface area contributed by atoms with Crippen molar-refractivity contribution >= 4 is 10.2 Å². The molecule has 0 aromatic carbocycles. The predicted molar refractivity (Wildman–Crippen MR) is 122 cm³/mol. The number of hydrogen-bond acceptors (Lipinski definition) is 0. The average Bonchev–Trinajstić information content (AvgIpc) is 2.65. The summed E-state index contributed by atoms with van der Waals surface area (Å²) in [6.07, 6.45) is 28.6. The van der Waals surface area contributed by atoms with Crippen LogP contribution in [-0.4, -0.2) is 10.2 Å². The van der Waals surface area contributed by atoms with Crippen molar-refractivity contribution in [2.75, 3.05) is 0 Å². The van der Waals surface area contributed by atoms with Crippen LogP contribution in [0.5, 0.6) is 0 Å². The topological polar surface area (TPSA) is 0 Å². The minimum Gasteiger partial charge on any atom is -0.102 e. The van der Waals surface area contributed by atoms with E-state index in [1.54, 1.807) is 0 Å². The minimum atomic E-state index is -0.0441.